The van der Waals surface area contributed by atoms with Gasteiger partial charge in [-0.2, -0.15) is 0 Å². The molecule has 2 saturated heterocycles. The largest absolute Gasteiger partial charge is 0.300 e. The molecule has 0 aromatic carbocycles. The third-order valence-corrected chi connectivity index (χ3v) is 6.51. The minimum atomic E-state index is -3.02. The molecule has 0 N–H and O–H groups in total. The summed E-state index contributed by atoms with van der Waals surface area (Å²) in [7, 11) is -3.02. The van der Waals surface area contributed by atoms with Gasteiger partial charge in [-0.1, -0.05) is 6.07 Å². The first-order chi connectivity index (χ1) is 11.0. The van der Waals surface area contributed by atoms with Crippen LogP contribution in [0.4, 0.5) is 0 Å². The van der Waals surface area contributed by atoms with Gasteiger partial charge in [0, 0.05) is 38.1 Å². The van der Waals surface area contributed by atoms with Crippen molar-refractivity contribution in [1.82, 2.24) is 14.2 Å². The first kappa shape index (κ1) is 16.9. The van der Waals surface area contributed by atoms with Gasteiger partial charge >= 0.3 is 0 Å². The molecule has 0 saturated carbocycles. The molecule has 1 aromatic rings. The van der Waals surface area contributed by atoms with Crippen LogP contribution in [0.15, 0.2) is 24.5 Å². The smallest absolute Gasteiger partial charge is 0.211 e. The molecule has 0 amide bonds. The van der Waals surface area contributed by atoms with Gasteiger partial charge < -0.3 is 4.90 Å². The second-order valence-corrected chi connectivity index (χ2v) is 8.94. The van der Waals surface area contributed by atoms with Crippen molar-refractivity contribution in [2.24, 2.45) is 5.92 Å². The Morgan fingerprint density at radius 2 is 2.00 bits per heavy atom. The van der Waals surface area contributed by atoms with Crippen molar-refractivity contribution >= 4 is 10.0 Å². The van der Waals surface area contributed by atoms with E-state index in [0.29, 0.717) is 25.0 Å². The van der Waals surface area contributed by atoms with Gasteiger partial charge in [0.05, 0.1) is 6.26 Å². The molecule has 0 radical (unpaired) electrons. The Labute approximate surface area is 139 Å². The maximum Gasteiger partial charge on any atom is 0.211 e. The zero-order valence-corrected chi connectivity index (χ0v) is 14.7. The summed E-state index contributed by atoms with van der Waals surface area (Å²) in [5.41, 5.74) is 1.33. The molecule has 0 spiro atoms. The number of rotatable bonds is 4. The quantitative estimate of drug-likeness (QED) is 0.840. The Kier molecular flexibility index (Phi) is 5.34. The molecule has 2 aliphatic rings. The van der Waals surface area contributed by atoms with E-state index in [1.54, 1.807) is 4.31 Å². The monoisotopic (exact) mass is 337 g/mol. The molecule has 1 aromatic heterocycles. The van der Waals surface area contributed by atoms with Crippen LogP contribution in [0.3, 0.4) is 0 Å². The topological polar surface area (TPSA) is 53.5 Å². The Morgan fingerprint density at radius 3 is 2.65 bits per heavy atom. The van der Waals surface area contributed by atoms with Crippen molar-refractivity contribution in [3.63, 3.8) is 0 Å². The number of aromatic nitrogens is 1. The summed E-state index contributed by atoms with van der Waals surface area (Å²) in [5, 5.41) is 0. The highest BCUT2D eigenvalue weighted by molar-refractivity contribution is 7.88. The summed E-state index contributed by atoms with van der Waals surface area (Å²) in [6.45, 7) is 3.64. The van der Waals surface area contributed by atoms with Gasteiger partial charge in [-0.15, -0.1) is 0 Å². The number of piperidine rings is 2. The predicted molar refractivity (Wildman–Crippen MR) is 91.7 cm³/mol. The maximum absolute atomic E-state index is 11.6. The van der Waals surface area contributed by atoms with Gasteiger partial charge in [0.2, 0.25) is 10.0 Å². The minimum Gasteiger partial charge on any atom is -0.300 e. The molecule has 3 heterocycles. The molecular formula is C17H27N3O2S. The fraction of sp³-hybridized carbons (Fsp3) is 0.706. The second kappa shape index (κ2) is 7.28. The van der Waals surface area contributed by atoms with Crippen molar-refractivity contribution < 1.29 is 8.42 Å². The number of pyridine rings is 1. The molecular weight excluding hydrogens is 310 g/mol. The maximum atomic E-state index is 11.6. The average Bonchev–Trinajstić information content (AvgIpc) is 2.55. The van der Waals surface area contributed by atoms with Crippen molar-refractivity contribution in [3.8, 4) is 0 Å². The number of likely N-dealkylation sites (tertiary alicyclic amines) is 1. The number of sulfonamides is 1. The van der Waals surface area contributed by atoms with E-state index >= 15 is 0 Å². The summed E-state index contributed by atoms with van der Waals surface area (Å²) in [5.74, 6) is 0.695. The number of hydrogen-bond donors (Lipinski definition) is 0. The lowest BCUT2D eigenvalue weighted by atomic mass is 9.90. The van der Waals surface area contributed by atoms with E-state index in [-0.39, 0.29) is 0 Å². The van der Waals surface area contributed by atoms with E-state index in [0.717, 1.165) is 32.4 Å². The van der Waals surface area contributed by atoms with Crippen LogP contribution in [0.5, 0.6) is 0 Å². The van der Waals surface area contributed by atoms with Crippen LogP contribution in [-0.2, 0) is 16.4 Å². The molecule has 1 atom stereocenters. The Hall–Kier alpha value is -0.980. The molecule has 128 valence electrons. The Morgan fingerprint density at radius 1 is 1.22 bits per heavy atom. The molecule has 2 aliphatic heterocycles. The lowest BCUT2D eigenvalue weighted by Gasteiger charge is -2.42. The molecule has 2 fully saturated rings. The van der Waals surface area contributed by atoms with Crippen LogP contribution in [0, 0.1) is 5.92 Å². The zero-order valence-electron chi connectivity index (χ0n) is 13.9. The van der Waals surface area contributed by atoms with Crippen LogP contribution >= 0.6 is 0 Å². The van der Waals surface area contributed by atoms with Gasteiger partial charge in [-0.05, 0) is 56.2 Å². The van der Waals surface area contributed by atoms with E-state index in [1.165, 1.54) is 24.7 Å². The van der Waals surface area contributed by atoms with E-state index in [4.69, 9.17) is 0 Å². The van der Waals surface area contributed by atoms with Gasteiger partial charge in [-0.3, -0.25) is 4.98 Å². The summed E-state index contributed by atoms with van der Waals surface area (Å²) < 4.78 is 24.9. The van der Waals surface area contributed by atoms with Gasteiger partial charge in [0.1, 0.15) is 0 Å². The minimum absolute atomic E-state index is 0.546. The van der Waals surface area contributed by atoms with Crippen molar-refractivity contribution in [2.75, 3.05) is 32.4 Å². The van der Waals surface area contributed by atoms with Crippen molar-refractivity contribution in [1.29, 1.82) is 0 Å². The van der Waals surface area contributed by atoms with E-state index in [9.17, 15) is 8.42 Å². The lowest BCUT2D eigenvalue weighted by molar-refractivity contribution is 0.0896. The van der Waals surface area contributed by atoms with Crippen LogP contribution in [0.25, 0.3) is 0 Å². The highest BCUT2D eigenvalue weighted by Gasteiger charge is 2.31. The Balaban J connectivity index is 1.53. The highest BCUT2D eigenvalue weighted by atomic mass is 32.2. The standard InChI is InChI=1S/C17H27N3O2S/c1-23(21,22)20-10-6-17(7-11-20)19-9-3-5-16(14-19)12-15-4-2-8-18-13-15/h2,4,8,13,16-17H,3,5-7,9-12,14H2,1H3/t16-/m0/s1. The lowest BCUT2D eigenvalue weighted by Crippen LogP contribution is -2.49. The normalized spacial score (nSPS) is 25.5. The molecule has 23 heavy (non-hydrogen) atoms. The van der Waals surface area contributed by atoms with Crippen LogP contribution in [0.2, 0.25) is 0 Å². The fourth-order valence-electron chi connectivity index (χ4n) is 3.99. The van der Waals surface area contributed by atoms with E-state index < -0.39 is 10.0 Å². The number of nitrogens with zero attached hydrogens (tertiary/aromatic N) is 3. The highest BCUT2D eigenvalue weighted by Crippen LogP contribution is 2.26. The molecule has 0 unspecified atom stereocenters. The molecule has 0 aliphatic carbocycles. The van der Waals surface area contributed by atoms with E-state index in [2.05, 4.69) is 16.0 Å². The molecule has 3 rings (SSSR count). The van der Waals surface area contributed by atoms with Crippen molar-refractivity contribution in [3.05, 3.63) is 30.1 Å². The van der Waals surface area contributed by atoms with Gasteiger partial charge in [-0.25, -0.2) is 12.7 Å². The first-order valence-electron chi connectivity index (χ1n) is 8.60. The SMILES string of the molecule is CS(=O)(=O)N1CCC(N2CCC[C@@H](Cc3cccnc3)C2)CC1. The van der Waals surface area contributed by atoms with Crippen molar-refractivity contribution in [2.45, 2.75) is 38.1 Å². The zero-order chi connectivity index (χ0) is 16.3. The molecule has 0 bridgehead atoms. The van der Waals surface area contributed by atoms with Gasteiger partial charge in [0.25, 0.3) is 0 Å². The van der Waals surface area contributed by atoms with Crippen LogP contribution in [-0.4, -0.2) is 61.1 Å². The average molecular weight is 337 g/mol. The summed E-state index contributed by atoms with van der Waals surface area (Å²) in [4.78, 5) is 6.82. The first-order valence-corrected chi connectivity index (χ1v) is 10.5. The van der Waals surface area contributed by atoms with Crippen LogP contribution < -0.4 is 0 Å². The van der Waals surface area contributed by atoms with E-state index in [1.807, 2.05) is 18.5 Å². The van der Waals surface area contributed by atoms with Gasteiger partial charge in [0.15, 0.2) is 0 Å². The predicted octanol–water partition coefficient (Wildman–Crippen LogP) is 1.76. The van der Waals surface area contributed by atoms with Crippen LogP contribution in [0.1, 0.15) is 31.2 Å². The third-order valence-electron chi connectivity index (χ3n) is 5.21. The summed E-state index contributed by atoms with van der Waals surface area (Å²) >= 11 is 0. The summed E-state index contributed by atoms with van der Waals surface area (Å²) in [6, 6.07) is 4.72. The molecule has 5 nitrogen and oxygen atoms in total. The summed E-state index contributed by atoms with van der Waals surface area (Å²) in [6.07, 6.45) is 10.7. The Bertz CT molecular complexity index is 598. The fourth-order valence-corrected chi connectivity index (χ4v) is 4.86. The third kappa shape index (κ3) is 4.52. The molecule has 6 heteroatoms. The second-order valence-electron chi connectivity index (χ2n) is 6.96. The number of hydrogen-bond acceptors (Lipinski definition) is 4.